The van der Waals surface area contributed by atoms with E-state index in [2.05, 4.69) is 36.8 Å². The molecule has 0 aromatic heterocycles. The molecule has 1 rings (SSSR count). The van der Waals surface area contributed by atoms with Gasteiger partial charge in [-0.15, -0.1) is 0 Å². The van der Waals surface area contributed by atoms with Crippen LogP contribution in [0.1, 0.15) is 123 Å². The molecule has 0 aromatic rings. The zero-order chi connectivity index (χ0) is 46.0. The summed E-state index contributed by atoms with van der Waals surface area (Å²) in [6, 6.07) is 0. The fourth-order valence-corrected chi connectivity index (χ4v) is 6.35. The minimum absolute atomic E-state index is 0.218. The maximum Gasteiger partial charge on any atom is 0.305 e. The van der Waals surface area contributed by atoms with Crippen molar-refractivity contribution in [1.29, 1.82) is 0 Å². The highest BCUT2D eigenvalue weighted by Gasteiger charge is 2.44. The van der Waals surface area contributed by atoms with Crippen molar-refractivity contribution < 1.29 is 73.8 Å². The van der Waals surface area contributed by atoms with Crippen molar-refractivity contribution in [2.75, 3.05) is 34.0 Å². The summed E-state index contributed by atoms with van der Waals surface area (Å²) < 4.78 is 33.5. The van der Waals surface area contributed by atoms with Crippen LogP contribution in [0, 0.1) is 0 Å². The minimum atomic E-state index is -1.64. The normalized spacial score (nSPS) is 22.8. The Morgan fingerprint density at radius 1 is 0.661 bits per heavy atom. The number of methoxy groups -OCH3 is 2. The lowest BCUT2D eigenvalue weighted by Crippen LogP contribution is -2.59. The molecule has 0 bridgehead atoms. The predicted octanol–water partition coefficient (Wildman–Crippen LogP) is 4.82. The first-order chi connectivity index (χ1) is 29.9. The smallest absolute Gasteiger partial charge is 0.305 e. The van der Waals surface area contributed by atoms with E-state index in [1.165, 1.54) is 14.2 Å². The second kappa shape index (κ2) is 36.5. The summed E-state index contributed by atoms with van der Waals surface area (Å²) in [7, 11) is 2.69. The van der Waals surface area contributed by atoms with Crippen molar-refractivity contribution in [1.82, 2.24) is 0 Å². The van der Waals surface area contributed by atoms with Gasteiger partial charge in [0.05, 0.1) is 64.6 Å². The van der Waals surface area contributed by atoms with Crippen LogP contribution in [-0.4, -0.2) is 149 Å². The highest BCUT2D eigenvalue weighted by atomic mass is 16.7. The first-order valence-corrected chi connectivity index (χ1v) is 22.6. The van der Waals surface area contributed by atoms with Gasteiger partial charge in [-0.2, -0.15) is 0 Å². The Kier molecular flexibility index (Phi) is 33.7. The lowest BCUT2D eigenvalue weighted by Gasteiger charge is -2.40. The van der Waals surface area contributed by atoms with E-state index in [1.807, 2.05) is 30.4 Å². The molecule has 6 unspecified atom stereocenters. The molecular formula is C47H80O15. The molecule has 0 aliphatic carbocycles. The molecule has 358 valence electrons. The van der Waals surface area contributed by atoms with Gasteiger partial charge in [-0.1, -0.05) is 93.9 Å². The summed E-state index contributed by atoms with van der Waals surface area (Å²) in [5, 5.41) is 72.8. The van der Waals surface area contributed by atoms with Gasteiger partial charge in [-0.05, 0) is 77.0 Å². The topological polar surface area (TPSA) is 231 Å². The summed E-state index contributed by atoms with van der Waals surface area (Å²) in [6.45, 7) is 3.07. The summed E-state index contributed by atoms with van der Waals surface area (Å²) in [5.74, 6) is -0.590. The number of ether oxygens (including phenoxy) is 6. The summed E-state index contributed by atoms with van der Waals surface area (Å²) in [6.07, 6.45) is 18.5. The van der Waals surface area contributed by atoms with Crippen LogP contribution >= 0.6 is 0 Å². The third-order valence-corrected chi connectivity index (χ3v) is 10.2. The Hall–Kier alpha value is -2.80. The molecule has 11 atom stereocenters. The molecule has 62 heavy (non-hydrogen) atoms. The average Bonchev–Trinajstić information content (AvgIpc) is 3.27. The fraction of sp³-hybridized carbons (Fsp3) is 0.745. The van der Waals surface area contributed by atoms with Crippen LogP contribution < -0.4 is 0 Å². The van der Waals surface area contributed by atoms with E-state index in [4.69, 9.17) is 28.8 Å². The Bertz CT molecular complexity index is 1290. The van der Waals surface area contributed by atoms with Crippen molar-refractivity contribution in [3.05, 3.63) is 60.8 Å². The Balaban J connectivity index is 3.36. The molecular weight excluding hydrogens is 805 g/mol. The van der Waals surface area contributed by atoms with Gasteiger partial charge in [0.1, 0.15) is 30.5 Å². The van der Waals surface area contributed by atoms with Crippen LogP contribution in [0.25, 0.3) is 0 Å². The number of aliphatic hydroxyl groups excluding tert-OH is 7. The maximum absolute atomic E-state index is 11.6. The molecule has 1 heterocycles. The Morgan fingerprint density at radius 3 is 2.00 bits per heavy atom. The van der Waals surface area contributed by atoms with Crippen molar-refractivity contribution in [2.24, 2.45) is 0 Å². The van der Waals surface area contributed by atoms with Gasteiger partial charge in [-0.3, -0.25) is 9.59 Å². The second-order valence-corrected chi connectivity index (χ2v) is 15.6. The zero-order valence-corrected chi connectivity index (χ0v) is 37.7. The summed E-state index contributed by atoms with van der Waals surface area (Å²) in [5.41, 5.74) is 0. The number of rotatable bonds is 36. The molecule has 15 nitrogen and oxygen atoms in total. The van der Waals surface area contributed by atoms with Crippen LogP contribution in [0.3, 0.4) is 0 Å². The van der Waals surface area contributed by atoms with Crippen LogP contribution in [0.15, 0.2) is 60.8 Å². The number of carbonyl (C=O) groups is 2. The number of hydrogen-bond donors (Lipinski definition) is 7. The number of carbonyl (C=O) groups excluding carboxylic acids is 2. The molecule has 1 saturated heterocycles. The molecule has 0 amide bonds. The average molecular weight is 885 g/mol. The van der Waals surface area contributed by atoms with E-state index in [9.17, 15) is 40.2 Å². The van der Waals surface area contributed by atoms with Gasteiger partial charge in [-0.25, -0.2) is 0 Å². The van der Waals surface area contributed by atoms with E-state index in [0.717, 1.165) is 38.5 Å². The Morgan fingerprint density at radius 2 is 1.31 bits per heavy atom. The van der Waals surface area contributed by atoms with Crippen LogP contribution in [0.5, 0.6) is 0 Å². The van der Waals surface area contributed by atoms with Gasteiger partial charge in [0.2, 0.25) is 0 Å². The number of esters is 2. The van der Waals surface area contributed by atoms with Crippen LogP contribution in [-0.2, 0) is 38.0 Å². The molecule has 1 aliphatic heterocycles. The molecule has 1 fully saturated rings. The summed E-state index contributed by atoms with van der Waals surface area (Å²) in [4.78, 5) is 23.0. The SMILES string of the molecule is CCC/C=C\CC(OC(/C=C/C(C/C=C\CCCC(=O)OC)OC[C@H]1O[C@@H](OCC(O)CO)[C@H](O)[C@@H](O)[C@H]1O)CC/C=C\CCCCC)C(O)/C=C/C(O)CCCCC(=O)OC. The lowest BCUT2D eigenvalue weighted by atomic mass is 9.99. The predicted molar refractivity (Wildman–Crippen MR) is 236 cm³/mol. The lowest BCUT2D eigenvalue weighted by molar-refractivity contribution is -0.307. The number of aliphatic hydroxyl groups is 7. The molecule has 7 N–H and O–H groups in total. The zero-order valence-electron chi connectivity index (χ0n) is 37.7. The summed E-state index contributed by atoms with van der Waals surface area (Å²) >= 11 is 0. The largest absolute Gasteiger partial charge is 0.469 e. The van der Waals surface area contributed by atoms with E-state index in [0.29, 0.717) is 57.8 Å². The quantitative estimate of drug-likeness (QED) is 0.0254. The third-order valence-electron chi connectivity index (χ3n) is 10.2. The van der Waals surface area contributed by atoms with Gasteiger partial charge in [0.25, 0.3) is 0 Å². The monoisotopic (exact) mass is 885 g/mol. The second-order valence-electron chi connectivity index (χ2n) is 15.6. The number of hydrogen-bond acceptors (Lipinski definition) is 15. The van der Waals surface area contributed by atoms with Gasteiger partial charge in [0, 0.05) is 12.8 Å². The highest BCUT2D eigenvalue weighted by Crippen LogP contribution is 2.24. The maximum atomic E-state index is 11.6. The third kappa shape index (κ3) is 26.7. The Labute approximate surface area is 370 Å². The van der Waals surface area contributed by atoms with E-state index in [1.54, 1.807) is 12.2 Å². The van der Waals surface area contributed by atoms with Crippen LogP contribution in [0.2, 0.25) is 0 Å². The number of allylic oxidation sites excluding steroid dienone is 4. The number of unbranched alkanes of at least 4 members (excludes halogenated alkanes) is 6. The fourth-order valence-electron chi connectivity index (χ4n) is 6.35. The molecule has 0 radical (unpaired) electrons. The molecule has 0 spiro atoms. The standard InChI is InChI=1S/C47H80O15/c1-5-7-9-11-12-13-17-24-38(61-40(25-18-10-8-6-2)39(51)31-28-35(49)22-20-21-27-43(53)58-4)30-29-37(23-16-14-15-19-26-42(52)57-3)59-34-41-44(54)45(55)46(56)47(62-41)60-33-36(50)32-48/h10,12-14,16,18,28-31,35-41,44-51,54-56H,5-9,11,15,17,19-27,32-34H2,1-4H3/b13-12-,16-14-,18-10-,30-29+,31-28+/t35?,36?,37?,38?,39?,40?,41-,44+,45+,46-,47-/m1/s1. The van der Waals surface area contributed by atoms with Gasteiger partial charge < -0.3 is 64.2 Å². The van der Waals surface area contributed by atoms with Crippen molar-refractivity contribution in [3.63, 3.8) is 0 Å². The minimum Gasteiger partial charge on any atom is -0.469 e. The van der Waals surface area contributed by atoms with E-state index in [-0.39, 0.29) is 38.0 Å². The van der Waals surface area contributed by atoms with Crippen LogP contribution in [0.4, 0.5) is 0 Å². The molecule has 0 aromatic carbocycles. The molecule has 0 saturated carbocycles. The highest BCUT2D eigenvalue weighted by molar-refractivity contribution is 5.69. The molecule has 15 heteroatoms. The van der Waals surface area contributed by atoms with Gasteiger partial charge in [0.15, 0.2) is 6.29 Å². The molecule has 1 aliphatic rings. The van der Waals surface area contributed by atoms with E-state index < -0.39 is 73.9 Å². The van der Waals surface area contributed by atoms with Crippen molar-refractivity contribution in [2.45, 2.75) is 190 Å². The van der Waals surface area contributed by atoms with Crippen molar-refractivity contribution in [3.8, 4) is 0 Å². The first-order valence-electron chi connectivity index (χ1n) is 22.6. The van der Waals surface area contributed by atoms with Gasteiger partial charge >= 0.3 is 11.9 Å². The van der Waals surface area contributed by atoms with Crippen molar-refractivity contribution >= 4 is 11.9 Å². The first kappa shape index (κ1) is 57.2. The van der Waals surface area contributed by atoms with E-state index >= 15 is 0 Å².